The maximum atomic E-state index is 8.85. The Labute approximate surface area is 78.6 Å². The summed E-state index contributed by atoms with van der Waals surface area (Å²) in [6.07, 6.45) is 4.25. The Hall–Kier alpha value is -1.40. The first-order valence-electron chi connectivity index (χ1n) is 4.19. The third-order valence-electron chi connectivity index (χ3n) is 1.95. The molecule has 1 rings (SSSR count). The molecule has 1 unspecified atom stereocenters. The molecule has 1 aromatic heterocycles. The molecule has 1 aromatic rings. The largest absolute Gasteiger partial charge is 0.294 e. The number of rotatable bonds is 3. The smallest absolute Gasteiger partial charge is 0.101 e. The number of aromatic nitrogens is 1. The van der Waals surface area contributed by atoms with E-state index in [1.807, 2.05) is 31.1 Å². The van der Waals surface area contributed by atoms with E-state index in [-0.39, 0.29) is 6.04 Å². The van der Waals surface area contributed by atoms with Gasteiger partial charge in [0.2, 0.25) is 0 Å². The molecule has 0 aromatic carbocycles. The second kappa shape index (κ2) is 4.58. The van der Waals surface area contributed by atoms with Gasteiger partial charge in [0, 0.05) is 18.8 Å². The highest BCUT2D eigenvalue weighted by atomic mass is 15.1. The minimum atomic E-state index is -0.0533. The van der Waals surface area contributed by atoms with Crippen molar-refractivity contribution in [2.45, 2.75) is 12.5 Å². The predicted molar refractivity (Wildman–Crippen MR) is 51.0 cm³/mol. The van der Waals surface area contributed by atoms with E-state index in [1.54, 1.807) is 12.4 Å². The fourth-order valence-corrected chi connectivity index (χ4v) is 1.09. The van der Waals surface area contributed by atoms with Gasteiger partial charge in [0.15, 0.2) is 0 Å². The fourth-order valence-electron chi connectivity index (χ4n) is 1.09. The van der Waals surface area contributed by atoms with E-state index in [0.717, 1.165) is 12.0 Å². The molecule has 0 radical (unpaired) electrons. The van der Waals surface area contributed by atoms with Crippen LogP contribution in [0.1, 0.15) is 5.56 Å². The highest BCUT2D eigenvalue weighted by Gasteiger charge is 2.09. The van der Waals surface area contributed by atoms with E-state index in [0.29, 0.717) is 0 Å². The van der Waals surface area contributed by atoms with Crippen LogP contribution in [-0.4, -0.2) is 30.0 Å². The summed E-state index contributed by atoms with van der Waals surface area (Å²) in [5, 5.41) is 8.85. The van der Waals surface area contributed by atoms with E-state index in [1.165, 1.54) is 0 Å². The van der Waals surface area contributed by atoms with Crippen LogP contribution in [-0.2, 0) is 6.42 Å². The molecule has 0 saturated carbocycles. The number of nitriles is 1. The SMILES string of the molecule is CN(C)C(C#N)Cc1ccncc1. The first-order chi connectivity index (χ1) is 6.24. The molecule has 0 aliphatic carbocycles. The standard InChI is InChI=1S/C10H13N3/c1-13(2)10(8-11)7-9-3-5-12-6-4-9/h3-6,10H,7H2,1-2H3. The van der Waals surface area contributed by atoms with Gasteiger partial charge in [-0.1, -0.05) is 0 Å². The van der Waals surface area contributed by atoms with Crippen molar-refractivity contribution in [3.05, 3.63) is 30.1 Å². The van der Waals surface area contributed by atoms with Crippen LogP contribution in [0.4, 0.5) is 0 Å². The minimum absolute atomic E-state index is 0.0533. The second-order valence-electron chi connectivity index (χ2n) is 3.17. The lowest BCUT2D eigenvalue weighted by molar-refractivity contribution is 0.348. The minimum Gasteiger partial charge on any atom is -0.294 e. The van der Waals surface area contributed by atoms with E-state index >= 15 is 0 Å². The van der Waals surface area contributed by atoms with Crippen LogP contribution in [0, 0.1) is 11.3 Å². The molecule has 3 nitrogen and oxygen atoms in total. The lowest BCUT2D eigenvalue weighted by Crippen LogP contribution is -2.28. The Morgan fingerprint density at radius 1 is 1.46 bits per heavy atom. The summed E-state index contributed by atoms with van der Waals surface area (Å²) in [4.78, 5) is 5.84. The van der Waals surface area contributed by atoms with Crippen LogP contribution < -0.4 is 0 Å². The maximum absolute atomic E-state index is 8.85. The van der Waals surface area contributed by atoms with Gasteiger partial charge >= 0.3 is 0 Å². The molecule has 0 fully saturated rings. The monoisotopic (exact) mass is 175 g/mol. The van der Waals surface area contributed by atoms with Crippen LogP contribution in [0.3, 0.4) is 0 Å². The van der Waals surface area contributed by atoms with Gasteiger partial charge in [-0.3, -0.25) is 9.88 Å². The van der Waals surface area contributed by atoms with E-state index in [9.17, 15) is 0 Å². The number of hydrogen-bond donors (Lipinski definition) is 0. The van der Waals surface area contributed by atoms with Gasteiger partial charge in [0.25, 0.3) is 0 Å². The molecule has 0 amide bonds. The lowest BCUT2D eigenvalue weighted by atomic mass is 10.1. The molecule has 1 heterocycles. The molecule has 0 spiro atoms. The van der Waals surface area contributed by atoms with Crippen LogP contribution in [0.25, 0.3) is 0 Å². The zero-order valence-electron chi connectivity index (χ0n) is 7.94. The van der Waals surface area contributed by atoms with Gasteiger partial charge in [-0.15, -0.1) is 0 Å². The van der Waals surface area contributed by atoms with Gasteiger partial charge in [0.05, 0.1) is 6.07 Å². The number of likely N-dealkylation sites (N-methyl/N-ethyl adjacent to an activating group) is 1. The summed E-state index contributed by atoms with van der Waals surface area (Å²) in [6, 6.07) is 6.08. The molecule has 0 N–H and O–H groups in total. The molecule has 3 heteroatoms. The average molecular weight is 175 g/mol. The van der Waals surface area contributed by atoms with Gasteiger partial charge in [0.1, 0.15) is 6.04 Å². The Kier molecular flexibility index (Phi) is 3.41. The average Bonchev–Trinajstić information content (AvgIpc) is 2.15. The molecule has 68 valence electrons. The van der Waals surface area contributed by atoms with Crippen molar-refractivity contribution in [2.75, 3.05) is 14.1 Å². The normalized spacial score (nSPS) is 12.5. The van der Waals surface area contributed by atoms with Crippen molar-refractivity contribution in [3.8, 4) is 6.07 Å². The summed E-state index contributed by atoms with van der Waals surface area (Å²) >= 11 is 0. The number of hydrogen-bond acceptors (Lipinski definition) is 3. The van der Waals surface area contributed by atoms with Crippen LogP contribution >= 0.6 is 0 Å². The lowest BCUT2D eigenvalue weighted by Gasteiger charge is -2.16. The molecular weight excluding hydrogens is 162 g/mol. The summed E-state index contributed by atoms with van der Waals surface area (Å²) in [7, 11) is 3.82. The first-order valence-corrected chi connectivity index (χ1v) is 4.19. The summed E-state index contributed by atoms with van der Waals surface area (Å²) < 4.78 is 0. The second-order valence-corrected chi connectivity index (χ2v) is 3.17. The highest BCUT2D eigenvalue weighted by molar-refractivity contribution is 5.13. The van der Waals surface area contributed by atoms with Crippen molar-refractivity contribution in [1.82, 2.24) is 9.88 Å². The zero-order chi connectivity index (χ0) is 9.68. The maximum Gasteiger partial charge on any atom is 0.101 e. The van der Waals surface area contributed by atoms with Crippen molar-refractivity contribution < 1.29 is 0 Å². The highest BCUT2D eigenvalue weighted by Crippen LogP contribution is 2.04. The molecule has 0 aliphatic rings. The Morgan fingerprint density at radius 2 is 2.08 bits per heavy atom. The predicted octanol–water partition coefficient (Wildman–Crippen LogP) is 1.08. The molecule has 0 aliphatic heterocycles. The van der Waals surface area contributed by atoms with Crippen LogP contribution in [0.2, 0.25) is 0 Å². The molecule has 0 saturated heterocycles. The topological polar surface area (TPSA) is 39.9 Å². The summed E-state index contributed by atoms with van der Waals surface area (Å²) in [6.45, 7) is 0. The van der Waals surface area contributed by atoms with Gasteiger partial charge in [-0.25, -0.2) is 0 Å². The van der Waals surface area contributed by atoms with Gasteiger partial charge in [-0.2, -0.15) is 5.26 Å². The molecule has 1 atom stereocenters. The van der Waals surface area contributed by atoms with E-state index in [4.69, 9.17) is 5.26 Å². The Bertz CT molecular complexity index is 287. The fraction of sp³-hybridized carbons (Fsp3) is 0.400. The van der Waals surface area contributed by atoms with Gasteiger partial charge < -0.3 is 0 Å². The van der Waals surface area contributed by atoms with Crippen molar-refractivity contribution in [2.24, 2.45) is 0 Å². The quantitative estimate of drug-likeness (QED) is 0.690. The molecular formula is C10H13N3. The van der Waals surface area contributed by atoms with Crippen molar-refractivity contribution in [3.63, 3.8) is 0 Å². The zero-order valence-corrected chi connectivity index (χ0v) is 7.94. The number of pyridine rings is 1. The van der Waals surface area contributed by atoms with Crippen molar-refractivity contribution in [1.29, 1.82) is 5.26 Å². The van der Waals surface area contributed by atoms with Crippen LogP contribution in [0.5, 0.6) is 0 Å². The van der Waals surface area contributed by atoms with E-state index < -0.39 is 0 Å². The third-order valence-corrected chi connectivity index (χ3v) is 1.95. The van der Waals surface area contributed by atoms with Crippen LogP contribution in [0.15, 0.2) is 24.5 Å². The molecule has 0 bridgehead atoms. The Morgan fingerprint density at radius 3 is 2.54 bits per heavy atom. The molecule has 13 heavy (non-hydrogen) atoms. The third kappa shape index (κ3) is 2.85. The Balaban J connectivity index is 2.64. The number of nitrogens with zero attached hydrogens (tertiary/aromatic N) is 3. The van der Waals surface area contributed by atoms with Crippen molar-refractivity contribution >= 4 is 0 Å². The summed E-state index contributed by atoms with van der Waals surface area (Å²) in [5.74, 6) is 0. The van der Waals surface area contributed by atoms with E-state index in [2.05, 4.69) is 11.1 Å². The summed E-state index contributed by atoms with van der Waals surface area (Å²) in [5.41, 5.74) is 1.15. The first kappa shape index (κ1) is 9.69. The van der Waals surface area contributed by atoms with Gasteiger partial charge in [-0.05, 0) is 31.8 Å².